The number of piperidine rings is 2. The highest BCUT2D eigenvalue weighted by molar-refractivity contribution is 5.84. The number of nitrogens with zero attached hydrogens (tertiary/aromatic N) is 2. The number of nitro groups is 1. The molecule has 1 aromatic carbocycles. The van der Waals surface area contributed by atoms with Gasteiger partial charge in [-0.05, 0) is 37.6 Å². The number of fused-ring (bicyclic) bond motifs is 2. The lowest BCUT2D eigenvalue weighted by Gasteiger charge is -2.48. The van der Waals surface area contributed by atoms with Crippen molar-refractivity contribution in [3.8, 4) is 0 Å². The predicted molar refractivity (Wildman–Crippen MR) is 80.4 cm³/mol. The minimum Gasteiger partial charge on any atom is -0.388 e. The first kappa shape index (κ1) is 15.1. The van der Waals surface area contributed by atoms with E-state index in [9.17, 15) is 20.0 Å². The molecule has 0 unspecified atom stereocenters. The van der Waals surface area contributed by atoms with Crippen LogP contribution in [0, 0.1) is 16.0 Å². The quantitative estimate of drug-likeness (QED) is 0.682. The summed E-state index contributed by atoms with van der Waals surface area (Å²) in [6.45, 7) is 0. The minimum absolute atomic E-state index is 0.0132. The Kier molecular flexibility index (Phi) is 3.97. The van der Waals surface area contributed by atoms with Gasteiger partial charge in [-0.1, -0.05) is 6.42 Å². The SMILES string of the molecule is CN1[C@@H]2CCC[C@H]1[C@H]([C@@H](O)c1ccc([N+](=O)[O-])cc1)C(=O)C2. The number of Topliss-reactive ketones (excluding diaryl/α,β-unsaturated/α-hetero) is 1. The molecule has 6 nitrogen and oxygen atoms in total. The Hall–Kier alpha value is -1.79. The van der Waals surface area contributed by atoms with E-state index in [0.29, 0.717) is 18.0 Å². The number of aliphatic hydroxyl groups excluding tert-OH is 1. The summed E-state index contributed by atoms with van der Waals surface area (Å²) < 4.78 is 0. The van der Waals surface area contributed by atoms with Crippen LogP contribution in [0.5, 0.6) is 0 Å². The van der Waals surface area contributed by atoms with Crippen LogP contribution in [0.3, 0.4) is 0 Å². The van der Waals surface area contributed by atoms with Crippen LogP contribution in [-0.2, 0) is 4.79 Å². The van der Waals surface area contributed by atoms with E-state index in [-0.39, 0.29) is 17.5 Å². The molecule has 0 aromatic heterocycles. The third-order valence-electron chi connectivity index (χ3n) is 5.15. The van der Waals surface area contributed by atoms with E-state index in [2.05, 4.69) is 4.90 Å². The fourth-order valence-corrected chi connectivity index (χ4v) is 3.89. The first-order chi connectivity index (χ1) is 10.5. The van der Waals surface area contributed by atoms with Crippen molar-refractivity contribution in [1.82, 2.24) is 4.90 Å². The van der Waals surface area contributed by atoms with Crippen LogP contribution < -0.4 is 0 Å². The zero-order valence-corrected chi connectivity index (χ0v) is 12.5. The van der Waals surface area contributed by atoms with Gasteiger partial charge >= 0.3 is 0 Å². The smallest absolute Gasteiger partial charge is 0.269 e. The lowest BCUT2D eigenvalue weighted by molar-refractivity contribution is -0.384. The van der Waals surface area contributed by atoms with Gasteiger partial charge in [-0.3, -0.25) is 19.8 Å². The lowest BCUT2D eigenvalue weighted by Crippen LogP contribution is -2.56. The zero-order valence-electron chi connectivity index (χ0n) is 12.5. The Balaban J connectivity index is 1.85. The molecule has 3 rings (SSSR count). The molecule has 2 heterocycles. The monoisotopic (exact) mass is 304 g/mol. The molecular formula is C16H20N2O4. The number of hydrogen-bond acceptors (Lipinski definition) is 5. The van der Waals surface area contributed by atoms with Gasteiger partial charge in [-0.15, -0.1) is 0 Å². The summed E-state index contributed by atoms with van der Waals surface area (Å²) in [6.07, 6.45) is 2.62. The number of carbonyl (C=O) groups is 1. The summed E-state index contributed by atoms with van der Waals surface area (Å²) in [5, 5.41) is 21.4. The van der Waals surface area contributed by atoms with Crippen LogP contribution in [0.1, 0.15) is 37.4 Å². The van der Waals surface area contributed by atoms with Crippen molar-refractivity contribution in [3.05, 3.63) is 39.9 Å². The standard InChI is InChI=1S/C16H20N2O4/c1-17-12-3-2-4-13(17)15(14(19)9-12)16(20)10-5-7-11(8-6-10)18(21)22/h5-8,12-13,15-16,20H,2-4,9H2,1H3/t12-,13+,15+,16+/m1/s1. The number of hydrogen-bond donors (Lipinski definition) is 1. The van der Waals surface area contributed by atoms with Crippen LogP contribution in [0.25, 0.3) is 0 Å². The van der Waals surface area contributed by atoms with Gasteiger partial charge in [0, 0.05) is 30.6 Å². The highest BCUT2D eigenvalue weighted by Crippen LogP contribution is 2.40. The first-order valence-corrected chi connectivity index (χ1v) is 7.66. The molecule has 2 aliphatic rings. The summed E-state index contributed by atoms with van der Waals surface area (Å²) in [5.74, 6) is -0.332. The molecule has 2 bridgehead atoms. The third kappa shape index (κ3) is 2.53. The first-order valence-electron chi connectivity index (χ1n) is 7.66. The van der Waals surface area contributed by atoms with Crippen molar-refractivity contribution < 1.29 is 14.8 Å². The van der Waals surface area contributed by atoms with Crippen molar-refractivity contribution in [2.45, 2.75) is 43.9 Å². The highest BCUT2D eigenvalue weighted by Gasteiger charge is 2.45. The van der Waals surface area contributed by atoms with E-state index in [4.69, 9.17) is 0 Å². The second kappa shape index (κ2) is 5.78. The lowest BCUT2D eigenvalue weighted by atomic mass is 9.73. The van der Waals surface area contributed by atoms with E-state index in [1.54, 1.807) is 12.1 Å². The van der Waals surface area contributed by atoms with Gasteiger partial charge in [0.2, 0.25) is 0 Å². The van der Waals surface area contributed by atoms with Crippen molar-refractivity contribution >= 4 is 11.5 Å². The number of nitro benzene ring substituents is 1. The van der Waals surface area contributed by atoms with E-state index >= 15 is 0 Å². The average Bonchev–Trinajstić information content (AvgIpc) is 2.49. The van der Waals surface area contributed by atoms with Crippen molar-refractivity contribution in [2.75, 3.05) is 7.05 Å². The highest BCUT2D eigenvalue weighted by atomic mass is 16.6. The molecule has 6 heteroatoms. The predicted octanol–water partition coefficient (Wildman–Crippen LogP) is 2.07. The van der Waals surface area contributed by atoms with E-state index in [1.807, 2.05) is 7.05 Å². The normalized spacial score (nSPS) is 30.1. The van der Waals surface area contributed by atoms with E-state index in [1.165, 1.54) is 12.1 Å². The number of carbonyl (C=O) groups excluding carboxylic acids is 1. The van der Waals surface area contributed by atoms with Gasteiger partial charge in [-0.2, -0.15) is 0 Å². The summed E-state index contributed by atoms with van der Waals surface area (Å²) in [6, 6.07) is 6.20. The molecule has 1 N–H and O–H groups in total. The molecule has 118 valence electrons. The fourth-order valence-electron chi connectivity index (χ4n) is 3.89. The van der Waals surface area contributed by atoms with Gasteiger partial charge in [0.25, 0.3) is 5.69 Å². The van der Waals surface area contributed by atoms with Gasteiger partial charge in [0.05, 0.1) is 16.9 Å². The summed E-state index contributed by atoms with van der Waals surface area (Å²) >= 11 is 0. The van der Waals surface area contributed by atoms with Gasteiger partial charge in [0.15, 0.2) is 0 Å². The molecule has 0 radical (unpaired) electrons. The Morgan fingerprint density at radius 2 is 2.00 bits per heavy atom. The van der Waals surface area contributed by atoms with Crippen molar-refractivity contribution in [2.24, 2.45) is 5.92 Å². The molecule has 2 aliphatic heterocycles. The Labute approximate surface area is 128 Å². The van der Waals surface area contributed by atoms with Crippen LogP contribution in [0.15, 0.2) is 24.3 Å². The molecular weight excluding hydrogens is 284 g/mol. The van der Waals surface area contributed by atoms with E-state index < -0.39 is 16.9 Å². The summed E-state index contributed by atoms with van der Waals surface area (Å²) in [5.41, 5.74) is 0.558. The summed E-state index contributed by atoms with van der Waals surface area (Å²) in [4.78, 5) is 24.9. The molecule has 2 fully saturated rings. The largest absolute Gasteiger partial charge is 0.388 e. The molecule has 0 spiro atoms. The Bertz CT molecular complexity index is 586. The molecule has 0 aliphatic carbocycles. The maximum atomic E-state index is 12.4. The van der Waals surface area contributed by atoms with Gasteiger partial charge < -0.3 is 5.11 Å². The van der Waals surface area contributed by atoms with Gasteiger partial charge in [0.1, 0.15) is 5.78 Å². The maximum absolute atomic E-state index is 12.4. The maximum Gasteiger partial charge on any atom is 0.269 e. The number of non-ortho nitro benzene ring substituents is 1. The minimum atomic E-state index is -0.903. The van der Waals surface area contributed by atoms with Gasteiger partial charge in [-0.25, -0.2) is 0 Å². The second-order valence-electron chi connectivity index (χ2n) is 6.31. The Morgan fingerprint density at radius 1 is 1.32 bits per heavy atom. The number of rotatable bonds is 3. The number of ketones is 1. The summed E-state index contributed by atoms with van der Waals surface area (Å²) in [7, 11) is 2.02. The number of aliphatic hydroxyl groups is 1. The molecule has 22 heavy (non-hydrogen) atoms. The molecule has 0 saturated carbocycles. The van der Waals surface area contributed by atoms with Crippen molar-refractivity contribution in [1.29, 1.82) is 0 Å². The third-order valence-corrected chi connectivity index (χ3v) is 5.15. The van der Waals surface area contributed by atoms with Crippen LogP contribution >= 0.6 is 0 Å². The second-order valence-corrected chi connectivity index (χ2v) is 6.31. The molecule has 0 amide bonds. The molecule has 1 aromatic rings. The zero-order chi connectivity index (χ0) is 15.9. The van der Waals surface area contributed by atoms with Crippen LogP contribution in [-0.4, -0.2) is 39.8 Å². The average molecular weight is 304 g/mol. The number of benzene rings is 1. The van der Waals surface area contributed by atoms with Crippen LogP contribution in [0.4, 0.5) is 5.69 Å². The topological polar surface area (TPSA) is 83.7 Å². The van der Waals surface area contributed by atoms with E-state index in [0.717, 1.165) is 19.3 Å². The van der Waals surface area contributed by atoms with Crippen LogP contribution in [0.2, 0.25) is 0 Å². The fraction of sp³-hybridized carbons (Fsp3) is 0.562. The van der Waals surface area contributed by atoms with Crippen molar-refractivity contribution in [3.63, 3.8) is 0 Å². The Morgan fingerprint density at radius 3 is 2.64 bits per heavy atom. The molecule has 4 atom stereocenters. The molecule has 2 saturated heterocycles.